The number of thioether (sulfide) groups is 1. The Morgan fingerprint density at radius 1 is 1.35 bits per heavy atom. The van der Waals surface area contributed by atoms with Crippen molar-refractivity contribution in [1.82, 2.24) is 5.32 Å². The van der Waals surface area contributed by atoms with Gasteiger partial charge in [0.25, 0.3) is 0 Å². The molecule has 0 aliphatic rings. The number of halogens is 3. The number of carbonyl (C=O) groups is 1. The summed E-state index contributed by atoms with van der Waals surface area (Å²) in [6.07, 6.45) is -5.83. The van der Waals surface area contributed by atoms with E-state index in [2.05, 4.69) is 12.2 Å². The van der Waals surface area contributed by atoms with Gasteiger partial charge in [0.05, 0.1) is 6.61 Å². The molecule has 20 heavy (non-hydrogen) atoms. The summed E-state index contributed by atoms with van der Waals surface area (Å²) in [5.41, 5.74) is -0.884. The molecule has 0 aromatic heterocycles. The maximum absolute atomic E-state index is 12.7. The fraction of sp³-hybridized carbons (Fsp3) is 0.818. The van der Waals surface area contributed by atoms with Crippen molar-refractivity contribution in [1.29, 1.82) is 0 Å². The molecule has 0 bridgehead atoms. The fourth-order valence-corrected chi connectivity index (χ4v) is 1.91. The van der Waals surface area contributed by atoms with Crippen LogP contribution in [0, 0.1) is 0 Å². The monoisotopic (exact) mass is 335 g/mol. The zero-order valence-corrected chi connectivity index (χ0v) is 12.6. The van der Waals surface area contributed by atoms with Crippen LogP contribution in [0.4, 0.5) is 18.0 Å². The molecular weight excluding hydrogens is 315 g/mol. The highest BCUT2D eigenvalue weighted by molar-refractivity contribution is 8.23. The minimum atomic E-state index is -4.66. The van der Waals surface area contributed by atoms with Gasteiger partial charge in [-0.3, -0.25) is 0 Å². The molecule has 0 radical (unpaired) electrons. The Hall–Kier alpha value is -0.700. The van der Waals surface area contributed by atoms with Gasteiger partial charge in [-0.25, -0.2) is 4.79 Å². The summed E-state index contributed by atoms with van der Waals surface area (Å²) in [7, 11) is 0. The molecule has 0 saturated carbocycles. The molecular formula is C11H20F3NO3S2. The quantitative estimate of drug-likeness (QED) is 0.622. The van der Waals surface area contributed by atoms with E-state index in [4.69, 9.17) is 9.47 Å². The molecule has 1 amide bonds. The molecule has 0 heterocycles. The Labute approximate surface area is 126 Å². The number of rotatable bonds is 3. The first-order chi connectivity index (χ1) is 8.45. The highest BCUT2D eigenvalue weighted by atomic mass is 32.2. The van der Waals surface area contributed by atoms with Crippen molar-refractivity contribution in [3.8, 4) is 0 Å². The number of thiocarbonyl (C=S) groups is 1. The normalized spacial score (nSPS) is 12.9. The lowest BCUT2D eigenvalue weighted by atomic mass is 10.2. The third-order valence-electron chi connectivity index (χ3n) is 1.42. The summed E-state index contributed by atoms with van der Waals surface area (Å²) in [6.45, 7) is 6.40. The van der Waals surface area contributed by atoms with Gasteiger partial charge in [-0.05, 0) is 51.7 Å². The average Bonchev–Trinajstić information content (AvgIpc) is 2.12. The van der Waals surface area contributed by atoms with Gasteiger partial charge in [0.15, 0.2) is 5.37 Å². The van der Waals surface area contributed by atoms with Crippen molar-refractivity contribution in [2.45, 2.75) is 52.3 Å². The van der Waals surface area contributed by atoms with Crippen molar-refractivity contribution in [2.24, 2.45) is 0 Å². The maximum Gasteiger partial charge on any atom is 0.418 e. The number of carbonyl (C=O) groups excluding carboxylic acids is 1. The average molecular weight is 335 g/mol. The molecule has 4 nitrogen and oxygen atoms in total. The van der Waals surface area contributed by atoms with E-state index in [1.807, 2.05) is 0 Å². The van der Waals surface area contributed by atoms with Gasteiger partial charge < -0.3 is 14.8 Å². The fourth-order valence-electron chi connectivity index (χ4n) is 0.841. The molecule has 0 saturated heterocycles. The van der Waals surface area contributed by atoms with E-state index >= 15 is 0 Å². The van der Waals surface area contributed by atoms with Gasteiger partial charge in [-0.2, -0.15) is 13.2 Å². The number of amides is 1. The minimum absolute atomic E-state index is 0. The van der Waals surface area contributed by atoms with Crippen molar-refractivity contribution in [3.63, 3.8) is 0 Å². The third-order valence-corrected chi connectivity index (χ3v) is 2.76. The molecule has 9 heteroatoms. The van der Waals surface area contributed by atoms with Crippen molar-refractivity contribution >= 4 is 34.5 Å². The van der Waals surface area contributed by atoms with E-state index in [1.165, 1.54) is 0 Å². The predicted octanol–water partition coefficient (Wildman–Crippen LogP) is 4.09. The Bertz CT molecular complexity index is 330. The summed E-state index contributed by atoms with van der Waals surface area (Å²) in [4.78, 5) is 11.3. The lowest BCUT2D eigenvalue weighted by molar-refractivity contribution is -0.133. The molecule has 1 unspecified atom stereocenters. The van der Waals surface area contributed by atoms with Crippen LogP contribution < -0.4 is 5.32 Å². The SMILES string of the molecule is C.CCOC(=S)SC(NC(=O)OC(C)(C)C)C(F)(F)F. The molecule has 0 aromatic carbocycles. The van der Waals surface area contributed by atoms with E-state index in [0.29, 0.717) is 0 Å². The van der Waals surface area contributed by atoms with E-state index < -0.39 is 23.2 Å². The first-order valence-corrected chi connectivity index (χ1v) is 6.64. The Morgan fingerprint density at radius 3 is 2.20 bits per heavy atom. The van der Waals surface area contributed by atoms with Crippen LogP contribution in [0.2, 0.25) is 0 Å². The largest absolute Gasteiger partial charge is 0.479 e. The van der Waals surface area contributed by atoms with Crippen molar-refractivity contribution < 1.29 is 27.4 Å². The van der Waals surface area contributed by atoms with Gasteiger partial charge in [0, 0.05) is 0 Å². The highest BCUT2D eigenvalue weighted by Gasteiger charge is 2.43. The Balaban J connectivity index is 0. The van der Waals surface area contributed by atoms with Crippen LogP contribution in [-0.2, 0) is 9.47 Å². The summed E-state index contributed by atoms with van der Waals surface area (Å²) < 4.78 is 47.3. The molecule has 0 aliphatic heterocycles. The van der Waals surface area contributed by atoms with Gasteiger partial charge >= 0.3 is 12.3 Å². The summed E-state index contributed by atoms with van der Waals surface area (Å²) in [5, 5.41) is -0.495. The maximum atomic E-state index is 12.7. The molecule has 0 spiro atoms. The standard InChI is InChI=1S/C10H16F3NO3S2.CH4/c1-5-16-8(18)19-6(10(11,12)13)14-7(15)17-9(2,3)4;/h6H,5H2,1-4H3,(H,14,15);1H4. The van der Waals surface area contributed by atoms with E-state index in [0.717, 1.165) is 0 Å². The number of nitrogens with one attached hydrogen (secondary N) is 1. The topological polar surface area (TPSA) is 47.6 Å². The second kappa shape index (κ2) is 8.56. The number of ether oxygens (including phenoxy) is 2. The number of alkyl halides is 3. The second-order valence-corrected chi connectivity index (χ2v) is 6.08. The summed E-state index contributed by atoms with van der Waals surface area (Å²) in [6, 6.07) is 0. The lowest BCUT2D eigenvalue weighted by Gasteiger charge is -2.24. The zero-order chi connectivity index (χ0) is 15.3. The number of hydrogen-bond donors (Lipinski definition) is 1. The van der Waals surface area contributed by atoms with Crippen LogP contribution in [-0.4, -0.2) is 34.2 Å². The zero-order valence-electron chi connectivity index (χ0n) is 11.0. The van der Waals surface area contributed by atoms with Crippen molar-refractivity contribution in [2.75, 3.05) is 6.61 Å². The van der Waals surface area contributed by atoms with Crippen LogP contribution >= 0.6 is 24.0 Å². The van der Waals surface area contributed by atoms with Gasteiger partial charge in [-0.1, -0.05) is 7.43 Å². The smallest absolute Gasteiger partial charge is 0.418 e. The van der Waals surface area contributed by atoms with E-state index in [-0.39, 0.29) is 30.2 Å². The molecule has 0 aliphatic carbocycles. The van der Waals surface area contributed by atoms with Crippen molar-refractivity contribution in [3.05, 3.63) is 0 Å². The number of hydrogen-bond acceptors (Lipinski definition) is 5. The van der Waals surface area contributed by atoms with Gasteiger partial charge in [0.2, 0.25) is 4.38 Å². The van der Waals surface area contributed by atoms with Crippen LogP contribution in [0.5, 0.6) is 0 Å². The lowest BCUT2D eigenvalue weighted by Crippen LogP contribution is -2.45. The summed E-state index contributed by atoms with van der Waals surface area (Å²) >= 11 is 4.81. The molecule has 0 aromatic rings. The van der Waals surface area contributed by atoms with Gasteiger partial charge in [0.1, 0.15) is 5.60 Å². The van der Waals surface area contributed by atoms with Gasteiger partial charge in [-0.15, -0.1) is 0 Å². The van der Waals surface area contributed by atoms with Crippen LogP contribution in [0.15, 0.2) is 0 Å². The minimum Gasteiger partial charge on any atom is -0.479 e. The van der Waals surface area contributed by atoms with E-state index in [1.54, 1.807) is 33.0 Å². The van der Waals surface area contributed by atoms with E-state index in [9.17, 15) is 18.0 Å². The Morgan fingerprint density at radius 2 is 1.85 bits per heavy atom. The third kappa shape index (κ3) is 10.1. The molecule has 0 fully saturated rings. The summed E-state index contributed by atoms with van der Waals surface area (Å²) in [5.74, 6) is 0. The van der Waals surface area contributed by atoms with Crippen LogP contribution in [0.1, 0.15) is 35.1 Å². The van der Waals surface area contributed by atoms with Crippen LogP contribution in [0.3, 0.4) is 0 Å². The number of alkyl carbamates (subject to hydrolysis) is 1. The predicted molar refractivity (Wildman–Crippen MR) is 77.8 cm³/mol. The Kier molecular flexibility index (Phi) is 9.24. The molecule has 1 N–H and O–H groups in total. The van der Waals surface area contributed by atoms with Crippen LogP contribution in [0.25, 0.3) is 0 Å². The molecule has 1 atom stereocenters. The molecule has 0 rings (SSSR count). The second-order valence-electron chi connectivity index (χ2n) is 4.37. The highest BCUT2D eigenvalue weighted by Crippen LogP contribution is 2.30. The first-order valence-electron chi connectivity index (χ1n) is 5.35. The first kappa shape index (κ1) is 21.6. The molecule has 120 valence electrons.